The van der Waals surface area contributed by atoms with Gasteiger partial charge in [-0.15, -0.1) is 0 Å². The van der Waals surface area contributed by atoms with Crippen LogP contribution < -0.4 is 10.6 Å². The van der Waals surface area contributed by atoms with Gasteiger partial charge in [0.15, 0.2) is 0 Å². The number of benzene rings is 1. The van der Waals surface area contributed by atoms with Crippen molar-refractivity contribution in [2.75, 3.05) is 30.3 Å². The predicted octanol–water partition coefficient (Wildman–Crippen LogP) is 1.92. The van der Waals surface area contributed by atoms with Crippen LogP contribution in [0, 0.1) is 17.2 Å². The Morgan fingerprint density at radius 2 is 2.40 bits per heavy atom. The second-order valence-corrected chi connectivity index (χ2v) is 4.93. The van der Waals surface area contributed by atoms with Gasteiger partial charge in [-0.05, 0) is 38.0 Å². The fraction of sp³-hybridized carbons (Fsp3) is 0.467. The molecule has 0 aromatic heterocycles. The summed E-state index contributed by atoms with van der Waals surface area (Å²) < 4.78 is 5.09. The largest absolute Gasteiger partial charge is 0.466 e. The Hall–Kier alpha value is -2.22. The third-order valence-corrected chi connectivity index (χ3v) is 3.52. The van der Waals surface area contributed by atoms with Gasteiger partial charge >= 0.3 is 5.97 Å². The van der Waals surface area contributed by atoms with Crippen LogP contribution in [-0.4, -0.2) is 25.7 Å². The summed E-state index contributed by atoms with van der Waals surface area (Å²) in [4.78, 5) is 13.9. The zero-order valence-electron chi connectivity index (χ0n) is 11.6. The molecule has 0 bridgehead atoms. The lowest BCUT2D eigenvalue weighted by atomic mass is 9.97. The van der Waals surface area contributed by atoms with Crippen LogP contribution in [0.3, 0.4) is 0 Å². The minimum Gasteiger partial charge on any atom is -0.466 e. The van der Waals surface area contributed by atoms with E-state index in [1.807, 2.05) is 13.0 Å². The lowest BCUT2D eigenvalue weighted by Gasteiger charge is -2.33. The first-order valence-electron chi connectivity index (χ1n) is 6.87. The highest BCUT2D eigenvalue weighted by molar-refractivity contribution is 5.74. The van der Waals surface area contributed by atoms with Gasteiger partial charge in [0.2, 0.25) is 0 Å². The van der Waals surface area contributed by atoms with Crippen molar-refractivity contribution < 1.29 is 9.53 Å². The number of anilines is 2. The van der Waals surface area contributed by atoms with Crippen LogP contribution in [0.5, 0.6) is 0 Å². The quantitative estimate of drug-likeness (QED) is 0.672. The number of ether oxygens (including phenoxy) is 1. The van der Waals surface area contributed by atoms with Crippen LogP contribution in [0.15, 0.2) is 18.2 Å². The van der Waals surface area contributed by atoms with E-state index in [0.717, 1.165) is 25.1 Å². The fourth-order valence-corrected chi connectivity index (χ4v) is 2.57. The van der Waals surface area contributed by atoms with E-state index in [1.54, 1.807) is 12.1 Å². The third kappa shape index (κ3) is 3.02. The summed E-state index contributed by atoms with van der Waals surface area (Å²) in [6.07, 6.45) is 1.75. The molecule has 1 aromatic rings. The van der Waals surface area contributed by atoms with Crippen molar-refractivity contribution in [1.82, 2.24) is 0 Å². The van der Waals surface area contributed by atoms with E-state index in [0.29, 0.717) is 24.4 Å². The number of nitrogens with two attached hydrogens (primary N) is 1. The van der Waals surface area contributed by atoms with Gasteiger partial charge < -0.3 is 15.4 Å². The van der Waals surface area contributed by atoms with E-state index in [1.165, 1.54) is 0 Å². The molecule has 20 heavy (non-hydrogen) atoms. The van der Waals surface area contributed by atoms with Crippen LogP contribution in [0.4, 0.5) is 11.4 Å². The fourth-order valence-electron chi connectivity index (χ4n) is 2.57. The topological polar surface area (TPSA) is 79.3 Å². The molecule has 5 heteroatoms. The number of esters is 1. The van der Waals surface area contributed by atoms with Crippen molar-refractivity contribution in [3.8, 4) is 6.07 Å². The van der Waals surface area contributed by atoms with Crippen molar-refractivity contribution in [3.63, 3.8) is 0 Å². The number of piperidine rings is 1. The Balaban J connectivity index is 2.17. The van der Waals surface area contributed by atoms with Gasteiger partial charge in [0.1, 0.15) is 6.07 Å². The average Bonchev–Trinajstić information content (AvgIpc) is 2.47. The van der Waals surface area contributed by atoms with E-state index < -0.39 is 0 Å². The van der Waals surface area contributed by atoms with Gasteiger partial charge in [-0.3, -0.25) is 4.79 Å². The zero-order chi connectivity index (χ0) is 14.5. The van der Waals surface area contributed by atoms with Crippen LogP contribution >= 0.6 is 0 Å². The Morgan fingerprint density at radius 3 is 3.10 bits per heavy atom. The van der Waals surface area contributed by atoms with E-state index in [9.17, 15) is 10.1 Å². The first-order valence-corrected chi connectivity index (χ1v) is 6.87. The normalized spacial score (nSPS) is 18.4. The number of carbonyl (C=O) groups is 1. The maximum absolute atomic E-state index is 11.8. The third-order valence-electron chi connectivity index (χ3n) is 3.52. The molecular formula is C15H19N3O2. The second-order valence-electron chi connectivity index (χ2n) is 4.93. The van der Waals surface area contributed by atoms with Gasteiger partial charge in [-0.2, -0.15) is 5.26 Å². The number of nitrogens with zero attached hydrogens (tertiary/aromatic N) is 2. The maximum Gasteiger partial charge on any atom is 0.310 e. The van der Waals surface area contributed by atoms with E-state index in [-0.39, 0.29) is 11.9 Å². The predicted molar refractivity (Wildman–Crippen MR) is 77.1 cm³/mol. The van der Waals surface area contributed by atoms with Gasteiger partial charge in [0.25, 0.3) is 0 Å². The van der Waals surface area contributed by atoms with Crippen LogP contribution in [0.2, 0.25) is 0 Å². The smallest absolute Gasteiger partial charge is 0.310 e. The highest BCUT2D eigenvalue weighted by Crippen LogP contribution is 2.28. The molecule has 1 atom stereocenters. The summed E-state index contributed by atoms with van der Waals surface area (Å²) in [7, 11) is 0. The molecule has 0 spiro atoms. The van der Waals surface area contributed by atoms with Crippen molar-refractivity contribution in [3.05, 3.63) is 23.8 Å². The monoisotopic (exact) mass is 273 g/mol. The lowest BCUT2D eigenvalue weighted by Crippen LogP contribution is -2.39. The molecule has 1 heterocycles. The van der Waals surface area contributed by atoms with Gasteiger partial charge in [0, 0.05) is 18.8 Å². The Morgan fingerprint density at radius 1 is 1.60 bits per heavy atom. The number of nitriles is 1. The van der Waals surface area contributed by atoms with Gasteiger partial charge in [0.05, 0.1) is 23.8 Å². The molecule has 1 aromatic carbocycles. The highest BCUT2D eigenvalue weighted by atomic mass is 16.5. The van der Waals surface area contributed by atoms with Gasteiger partial charge in [-0.25, -0.2) is 0 Å². The Kier molecular flexibility index (Phi) is 4.46. The minimum absolute atomic E-state index is 0.118. The molecule has 0 unspecified atom stereocenters. The average molecular weight is 273 g/mol. The second kappa shape index (κ2) is 6.29. The van der Waals surface area contributed by atoms with Crippen molar-refractivity contribution >= 4 is 17.3 Å². The molecule has 2 rings (SSSR count). The summed E-state index contributed by atoms with van der Waals surface area (Å²) in [5.74, 6) is -0.265. The van der Waals surface area contributed by atoms with Crippen LogP contribution in [0.25, 0.3) is 0 Å². The number of carbonyl (C=O) groups excluding carboxylic acids is 1. The first kappa shape index (κ1) is 14.2. The first-order chi connectivity index (χ1) is 9.65. The number of nitrogen functional groups attached to an aromatic ring is 1. The molecule has 0 radical (unpaired) electrons. The molecule has 1 fully saturated rings. The molecule has 1 aliphatic rings. The molecule has 0 saturated carbocycles. The molecule has 0 amide bonds. The molecule has 5 nitrogen and oxygen atoms in total. The molecule has 106 valence electrons. The number of rotatable bonds is 3. The molecular weight excluding hydrogens is 254 g/mol. The summed E-state index contributed by atoms with van der Waals surface area (Å²) in [5.41, 5.74) is 7.67. The number of hydrogen-bond acceptors (Lipinski definition) is 5. The lowest BCUT2D eigenvalue weighted by molar-refractivity contribution is -0.148. The van der Waals surface area contributed by atoms with Crippen LogP contribution in [-0.2, 0) is 9.53 Å². The Labute approximate surface area is 118 Å². The van der Waals surface area contributed by atoms with Crippen molar-refractivity contribution in [2.45, 2.75) is 19.8 Å². The SMILES string of the molecule is CCOC(=O)[C@@H]1CCCN(c2ccc(N)cc2C#N)C1. The summed E-state index contributed by atoms with van der Waals surface area (Å²) in [6, 6.07) is 7.47. The maximum atomic E-state index is 11.8. The van der Waals surface area contributed by atoms with Crippen molar-refractivity contribution in [2.24, 2.45) is 5.92 Å². The van der Waals surface area contributed by atoms with Gasteiger partial charge in [-0.1, -0.05) is 0 Å². The highest BCUT2D eigenvalue weighted by Gasteiger charge is 2.27. The molecule has 1 saturated heterocycles. The molecule has 2 N–H and O–H groups in total. The Bertz CT molecular complexity index is 536. The zero-order valence-corrected chi connectivity index (χ0v) is 11.6. The van der Waals surface area contributed by atoms with Crippen molar-refractivity contribution in [1.29, 1.82) is 5.26 Å². The van der Waals surface area contributed by atoms with Crippen LogP contribution in [0.1, 0.15) is 25.3 Å². The summed E-state index contributed by atoms with van der Waals surface area (Å²) >= 11 is 0. The number of hydrogen-bond donors (Lipinski definition) is 1. The minimum atomic E-state index is -0.147. The molecule has 0 aliphatic carbocycles. The standard InChI is InChI=1S/C15H19N3O2/c1-2-20-15(19)11-4-3-7-18(10-11)14-6-5-13(17)8-12(14)9-16/h5-6,8,11H,2-4,7,10,17H2,1H3/t11-/m1/s1. The van der Waals surface area contributed by atoms with E-state index in [2.05, 4.69) is 11.0 Å². The summed E-state index contributed by atoms with van der Waals surface area (Å²) in [5, 5.41) is 9.21. The van der Waals surface area contributed by atoms with E-state index >= 15 is 0 Å². The summed E-state index contributed by atoms with van der Waals surface area (Å²) in [6.45, 7) is 3.65. The molecule has 1 aliphatic heterocycles. The van der Waals surface area contributed by atoms with E-state index in [4.69, 9.17) is 10.5 Å².